The van der Waals surface area contributed by atoms with E-state index in [0.29, 0.717) is 5.56 Å². The van der Waals surface area contributed by atoms with Gasteiger partial charge in [0.15, 0.2) is 0 Å². The first-order valence-electron chi connectivity index (χ1n) is 8.98. The third-order valence-electron chi connectivity index (χ3n) is 5.57. The normalized spacial score (nSPS) is 28.4. The quantitative estimate of drug-likeness (QED) is 0.653. The van der Waals surface area contributed by atoms with E-state index < -0.39 is 44.1 Å². The average Bonchev–Trinajstić information content (AvgIpc) is 3.12. The van der Waals surface area contributed by atoms with Gasteiger partial charge in [-0.2, -0.15) is 17.9 Å². The van der Waals surface area contributed by atoms with E-state index in [1.807, 2.05) is 0 Å². The molecule has 166 valence electrons. The summed E-state index contributed by atoms with van der Waals surface area (Å²) in [7, 11) is -4.25. The Morgan fingerprint density at radius 2 is 2.16 bits per heavy atom. The Hall–Kier alpha value is -2.38. The second kappa shape index (κ2) is 7.07. The Labute approximate surface area is 179 Å². The molecule has 1 fully saturated rings. The molecule has 0 spiro atoms. The van der Waals surface area contributed by atoms with Crippen LogP contribution in [0.5, 0.6) is 0 Å². The zero-order chi connectivity index (χ0) is 22.7. The fourth-order valence-electron chi connectivity index (χ4n) is 3.68. The van der Waals surface area contributed by atoms with Crippen molar-refractivity contribution in [3.8, 4) is 0 Å². The lowest BCUT2D eigenvalue weighted by Gasteiger charge is -2.21. The molecule has 2 aliphatic rings. The molecule has 31 heavy (non-hydrogen) atoms. The van der Waals surface area contributed by atoms with E-state index in [-0.39, 0.29) is 22.8 Å². The van der Waals surface area contributed by atoms with Gasteiger partial charge in [-0.05, 0) is 24.5 Å². The van der Waals surface area contributed by atoms with Gasteiger partial charge in [-0.1, -0.05) is 24.2 Å². The van der Waals surface area contributed by atoms with Crippen LogP contribution >= 0.6 is 11.8 Å². The number of aromatic nitrogens is 2. The summed E-state index contributed by atoms with van der Waals surface area (Å²) in [6.07, 6.45) is -0.226. The maximum absolute atomic E-state index is 13.0. The van der Waals surface area contributed by atoms with Crippen molar-refractivity contribution in [1.82, 2.24) is 14.9 Å². The molecule has 2 aromatic rings. The largest absolute Gasteiger partial charge is 0.480 e. The molecule has 13 heteroatoms. The van der Waals surface area contributed by atoms with Crippen molar-refractivity contribution in [2.45, 2.75) is 42.1 Å². The maximum Gasteiger partial charge on any atom is 0.452 e. The second-order valence-electron chi connectivity index (χ2n) is 7.55. The van der Waals surface area contributed by atoms with E-state index in [9.17, 15) is 31.5 Å². The molecule has 3 heterocycles. The topological polar surface area (TPSA) is 122 Å². The minimum Gasteiger partial charge on any atom is -0.480 e. The molecule has 1 saturated carbocycles. The average molecular weight is 475 g/mol. The number of pyridine rings is 1. The first kappa shape index (κ1) is 21.8. The number of hydrogen-bond acceptors (Lipinski definition) is 7. The van der Waals surface area contributed by atoms with Crippen LogP contribution in [0, 0.1) is 0 Å². The van der Waals surface area contributed by atoms with Gasteiger partial charge < -0.3 is 9.63 Å². The summed E-state index contributed by atoms with van der Waals surface area (Å²) in [5.41, 5.74) is -2.23. The predicted octanol–water partition coefficient (Wildman–Crippen LogP) is 3.21. The van der Waals surface area contributed by atoms with Gasteiger partial charge in [0.25, 0.3) is 0 Å². The number of allylic oxidation sites excluding steroid dienone is 1. The molecule has 1 aliphatic carbocycles. The van der Waals surface area contributed by atoms with Gasteiger partial charge in [0.05, 0.1) is 10.9 Å². The number of thioether (sulfide) groups is 1. The van der Waals surface area contributed by atoms with Gasteiger partial charge in [0.1, 0.15) is 9.78 Å². The highest BCUT2D eigenvalue weighted by Gasteiger charge is 2.72. The highest BCUT2D eigenvalue weighted by molar-refractivity contribution is 8.18. The van der Waals surface area contributed by atoms with Crippen molar-refractivity contribution >= 4 is 27.8 Å². The van der Waals surface area contributed by atoms with Crippen molar-refractivity contribution in [2.24, 2.45) is 0 Å². The van der Waals surface area contributed by atoms with Crippen LogP contribution in [0.3, 0.4) is 0 Å². The van der Waals surface area contributed by atoms with E-state index in [1.54, 1.807) is 19.1 Å². The van der Waals surface area contributed by atoms with Crippen LogP contribution in [-0.2, 0) is 26.4 Å². The van der Waals surface area contributed by atoms with Crippen molar-refractivity contribution in [1.29, 1.82) is 0 Å². The Bertz CT molecular complexity index is 1170. The summed E-state index contributed by atoms with van der Waals surface area (Å²) < 4.78 is 70.5. The van der Waals surface area contributed by atoms with E-state index in [2.05, 4.69) is 19.4 Å². The van der Waals surface area contributed by atoms with Crippen LogP contribution < -0.4 is 4.72 Å². The van der Waals surface area contributed by atoms with Gasteiger partial charge in [-0.25, -0.2) is 8.42 Å². The summed E-state index contributed by atoms with van der Waals surface area (Å²) in [5.74, 6) is -2.60. The number of nitrogens with zero attached hydrogens (tertiary/aromatic N) is 2. The molecule has 0 saturated heterocycles. The number of rotatable bonds is 6. The molecule has 2 N–H and O–H groups in total. The predicted molar refractivity (Wildman–Crippen MR) is 103 cm³/mol. The van der Waals surface area contributed by atoms with Gasteiger partial charge in [0.2, 0.25) is 15.8 Å². The number of carboxylic acid groups (broad SMARTS) is 1. The number of hydrogen-bond donors (Lipinski definition) is 2. The molecule has 2 aromatic heterocycles. The zero-order valence-corrected chi connectivity index (χ0v) is 17.5. The second-order valence-corrected chi connectivity index (χ2v) is 10.7. The number of carbonyl (C=O) groups is 1. The summed E-state index contributed by atoms with van der Waals surface area (Å²) in [6, 6.07) is 4.04. The number of carboxylic acids is 1. The van der Waals surface area contributed by atoms with Crippen LogP contribution in [0.1, 0.15) is 42.0 Å². The lowest BCUT2D eigenvalue weighted by Crippen LogP contribution is -2.48. The molecule has 4 rings (SSSR count). The van der Waals surface area contributed by atoms with Gasteiger partial charge >= 0.3 is 12.1 Å². The Morgan fingerprint density at radius 3 is 2.74 bits per heavy atom. The fraction of sp³-hybridized carbons (Fsp3) is 0.389. The molecule has 0 radical (unpaired) electrons. The lowest BCUT2D eigenvalue weighted by molar-refractivity contribution is -0.155. The molecule has 1 aliphatic heterocycles. The first-order chi connectivity index (χ1) is 14.4. The smallest absolute Gasteiger partial charge is 0.452 e. The Balaban J connectivity index is 1.53. The van der Waals surface area contributed by atoms with Gasteiger partial charge in [-0.15, -0.1) is 11.8 Å². The molecule has 0 bridgehead atoms. The third kappa shape index (κ3) is 3.64. The Kier molecular flexibility index (Phi) is 4.98. The third-order valence-corrected chi connectivity index (χ3v) is 8.95. The van der Waals surface area contributed by atoms with E-state index in [0.717, 1.165) is 17.8 Å². The summed E-state index contributed by atoms with van der Waals surface area (Å²) in [6.45, 7) is 1.63. The molecule has 3 unspecified atom stereocenters. The van der Waals surface area contributed by atoms with Crippen LogP contribution in [0.2, 0.25) is 0 Å². The monoisotopic (exact) mass is 475 g/mol. The van der Waals surface area contributed by atoms with E-state index in [4.69, 9.17) is 0 Å². The summed E-state index contributed by atoms with van der Waals surface area (Å²) in [5, 5.41) is 12.5. The minimum atomic E-state index is -4.70. The SMILES string of the molecule is CC1(c2cccnc2)CC1(NS(=O)(=O)C1=CCC(c2cc(C(F)(F)F)on2)S1)C(=O)O. The van der Waals surface area contributed by atoms with Crippen LogP contribution in [0.15, 0.2) is 45.4 Å². The molecular weight excluding hydrogens is 459 g/mol. The molecule has 0 amide bonds. The van der Waals surface area contributed by atoms with Crippen molar-refractivity contribution in [3.05, 3.63) is 57.9 Å². The number of halogens is 3. The standard InChI is InChI=1S/C18H16F3N3O5S2/c1-16(10-3-2-6-22-8-10)9-17(16,15(25)26)24-31(27,28)14-5-4-12(30-14)11-7-13(29-23-11)18(19,20)21/h2-3,5-8,12,24H,4,9H2,1H3,(H,25,26). The lowest BCUT2D eigenvalue weighted by atomic mass is 9.94. The van der Waals surface area contributed by atoms with Crippen molar-refractivity contribution in [3.63, 3.8) is 0 Å². The molecule has 0 aromatic carbocycles. The van der Waals surface area contributed by atoms with Gasteiger partial charge in [0, 0.05) is 23.9 Å². The molecule has 3 atom stereocenters. The highest BCUT2D eigenvalue weighted by atomic mass is 32.3. The van der Waals surface area contributed by atoms with Crippen LogP contribution in [-0.4, -0.2) is 35.2 Å². The molecular formula is C18H16F3N3O5S2. The Morgan fingerprint density at radius 1 is 1.42 bits per heavy atom. The van der Waals surface area contributed by atoms with E-state index >= 15 is 0 Å². The van der Waals surface area contributed by atoms with Crippen LogP contribution in [0.25, 0.3) is 0 Å². The maximum atomic E-state index is 13.0. The zero-order valence-electron chi connectivity index (χ0n) is 15.9. The number of alkyl halides is 3. The minimum absolute atomic E-state index is 0.0276. The fourth-order valence-corrected chi connectivity index (χ4v) is 6.81. The summed E-state index contributed by atoms with van der Waals surface area (Å²) >= 11 is 0.786. The number of aliphatic carboxylic acids is 1. The summed E-state index contributed by atoms with van der Waals surface area (Å²) in [4.78, 5) is 16.0. The highest BCUT2D eigenvalue weighted by Crippen LogP contribution is 2.58. The van der Waals surface area contributed by atoms with Crippen LogP contribution in [0.4, 0.5) is 13.2 Å². The van der Waals surface area contributed by atoms with E-state index in [1.165, 1.54) is 18.5 Å². The molecule has 8 nitrogen and oxygen atoms in total. The first-order valence-corrected chi connectivity index (χ1v) is 11.3. The van der Waals surface area contributed by atoms with Crippen molar-refractivity contribution in [2.75, 3.05) is 0 Å². The number of sulfonamides is 1. The van der Waals surface area contributed by atoms with Gasteiger partial charge in [-0.3, -0.25) is 9.78 Å². The number of nitrogens with one attached hydrogen (secondary N) is 1. The van der Waals surface area contributed by atoms with Crippen molar-refractivity contribution < 1.29 is 36.0 Å².